The van der Waals surface area contributed by atoms with E-state index in [1.165, 1.54) is 12.1 Å². The second-order valence-electron chi connectivity index (χ2n) is 4.87. The molecule has 0 spiro atoms. The van der Waals surface area contributed by atoms with E-state index in [0.29, 0.717) is 0 Å². The molecule has 20 heavy (non-hydrogen) atoms. The quantitative estimate of drug-likeness (QED) is 0.642. The Bertz CT molecular complexity index is 495. The number of nitrogens with zero attached hydrogens (tertiary/aromatic N) is 3. The van der Waals surface area contributed by atoms with E-state index in [1.807, 2.05) is 11.8 Å². The Morgan fingerprint density at radius 3 is 2.25 bits per heavy atom. The summed E-state index contributed by atoms with van der Waals surface area (Å²) in [6.07, 6.45) is 0. The van der Waals surface area contributed by atoms with Crippen molar-refractivity contribution in [3.63, 3.8) is 0 Å². The minimum Gasteiger partial charge on any atom is -0.369 e. The van der Waals surface area contributed by atoms with E-state index in [-0.39, 0.29) is 17.6 Å². The van der Waals surface area contributed by atoms with Gasteiger partial charge in [0.1, 0.15) is 0 Å². The fourth-order valence-electron chi connectivity index (χ4n) is 2.33. The number of piperazine rings is 1. The Balaban J connectivity index is 1.96. The van der Waals surface area contributed by atoms with E-state index in [2.05, 4.69) is 4.90 Å². The summed E-state index contributed by atoms with van der Waals surface area (Å²) >= 11 is 0. The molecule has 7 nitrogen and oxygen atoms in total. The van der Waals surface area contributed by atoms with Gasteiger partial charge in [0.25, 0.3) is 5.69 Å². The van der Waals surface area contributed by atoms with E-state index in [9.17, 15) is 14.9 Å². The molecule has 7 heteroatoms. The van der Waals surface area contributed by atoms with Gasteiger partial charge in [0.2, 0.25) is 5.91 Å². The molecule has 2 N–H and O–H groups in total. The zero-order valence-electron chi connectivity index (χ0n) is 11.4. The molecule has 0 aliphatic carbocycles. The first kappa shape index (κ1) is 14.3. The Kier molecular flexibility index (Phi) is 4.19. The predicted molar refractivity (Wildman–Crippen MR) is 75.5 cm³/mol. The van der Waals surface area contributed by atoms with Gasteiger partial charge in [-0.1, -0.05) is 0 Å². The molecule has 1 aromatic rings. The third-order valence-electron chi connectivity index (χ3n) is 3.70. The van der Waals surface area contributed by atoms with Gasteiger partial charge in [0, 0.05) is 44.0 Å². The van der Waals surface area contributed by atoms with Crippen LogP contribution in [-0.4, -0.2) is 48.0 Å². The van der Waals surface area contributed by atoms with Crippen LogP contribution in [0.2, 0.25) is 0 Å². The van der Waals surface area contributed by atoms with Gasteiger partial charge in [0.15, 0.2) is 0 Å². The highest BCUT2D eigenvalue weighted by Crippen LogP contribution is 2.21. The van der Waals surface area contributed by atoms with Crippen LogP contribution in [-0.2, 0) is 4.79 Å². The molecule has 0 aromatic heterocycles. The van der Waals surface area contributed by atoms with Crippen LogP contribution in [0.15, 0.2) is 24.3 Å². The number of hydrogen-bond donors (Lipinski definition) is 1. The summed E-state index contributed by atoms with van der Waals surface area (Å²) in [7, 11) is 0. The molecule has 1 atom stereocenters. The number of amides is 1. The van der Waals surface area contributed by atoms with Gasteiger partial charge in [0.05, 0.1) is 11.0 Å². The van der Waals surface area contributed by atoms with Gasteiger partial charge >= 0.3 is 0 Å². The molecule has 0 bridgehead atoms. The van der Waals surface area contributed by atoms with E-state index in [4.69, 9.17) is 5.73 Å². The standard InChI is InChI=1S/C13H18N4O3/c1-10(13(14)18)15-6-8-16(9-7-15)11-2-4-12(5-3-11)17(19)20/h2-5,10H,6-9H2,1H3,(H2,14,18). The first-order valence-electron chi connectivity index (χ1n) is 6.52. The number of benzene rings is 1. The van der Waals surface area contributed by atoms with E-state index >= 15 is 0 Å². The van der Waals surface area contributed by atoms with Crippen molar-refractivity contribution in [1.82, 2.24) is 4.90 Å². The summed E-state index contributed by atoms with van der Waals surface area (Å²) < 4.78 is 0. The molecular formula is C13H18N4O3. The van der Waals surface area contributed by atoms with Crippen LogP contribution in [0.25, 0.3) is 0 Å². The molecular weight excluding hydrogens is 260 g/mol. The lowest BCUT2D eigenvalue weighted by atomic mass is 10.2. The zero-order valence-corrected chi connectivity index (χ0v) is 11.4. The maximum absolute atomic E-state index is 11.2. The number of hydrogen-bond acceptors (Lipinski definition) is 5. The summed E-state index contributed by atoms with van der Waals surface area (Å²) in [4.78, 5) is 25.6. The van der Waals surface area contributed by atoms with Crippen LogP contribution in [0.4, 0.5) is 11.4 Å². The summed E-state index contributed by atoms with van der Waals surface area (Å²) in [5, 5.41) is 10.6. The first-order chi connectivity index (χ1) is 9.49. The monoisotopic (exact) mass is 278 g/mol. The van der Waals surface area contributed by atoms with Crippen LogP contribution < -0.4 is 10.6 Å². The summed E-state index contributed by atoms with van der Waals surface area (Å²) in [6.45, 7) is 4.86. The van der Waals surface area contributed by atoms with Gasteiger partial charge in [-0.2, -0.15) is 0 Å². The largest absolute Gasteiger partial charge is 0.369 e. The van der Waals surface area contributed by atoms with Crippen molar-refractivity contribution in [1.29, 1.82) is 0 Å². The number of nitrogens with two attached hydrogens (primary N) is 1. The highest BCUT2D eigenvalue weighted by Gasteiger charge is 2.24. The summed E-state index contributed by atoms with van der Waals surface area (Å²) in [6, 6.07) is 6.27. The summed E-state index contributed by atoms with van der Waals surface area (Å²) in [5.74, 6) is -0.311. The van der Waals surface area contributed by atoms with Crippen molar-refractivity contribution in [3.8, 4) is 0 Å². The third-order valence-corrected chi connectivity index (χ3v) is 3.70. The fourth-order valence-corrected chi connectivity index (χ4v) is 2.33. The number of non-ortho nitro benzene ring substituents is 1. The Morgan fingerprint density at radius 2 is 1.80 bits per heavy atom. The average Bonchev–Trinajstić information content (AvgIpc) is 2.46. The number of primary amides is 1. The number of rotatable bonds is 4. The van der Waals surface area contributed by atoms with Gasteiger partial charge in [-0.15, -0.1) is 0 Å². The minimum atomic E-state index is -0.406. The zero-order chi connectivity index (χ0) is 14.7. The summed E-state index contributed by atoms with van der Waals surface area (Å²) in [5.41, 5.74) is 6.35. The molecule has 1 saturated heterocycles. The molecule has 1 aromatic carbocycles. The van der Waals surface area contributed by atoms with Crippen molar-refractivity contribution in [2.24, 2.45) is 5.73 Å². The lowest BCUT2D eigenvalue weighted by Crippen LogP contribution is -2.53. The highest BCUT2D eigenvalue weighted by molar-refractivity contribution is 5.79. The van der Waals surface area contributed by atoms with Crippen LogP contribution in [0.1, 0.15) is 6.92 Å². The van der Waals surface area contributed by atoms with Crippen molar-refractivity contribution >= 4 is 17.3 Å². The van der Waals surface area contributed by atoms with Crippen LogP contribution in [0.5, 0.6) is 0 Å². The smallest absolute Gasteiger partial charge is 0.269 e. The van der Waals surface area contributed by atoms with Gasteiger partial charge in [-0.25, -0.2) is 0 Å². The number of carbonyl (C=O) groups is 1. The molecule has 1 aliphatic rings. The van der Waals surface area contributed by atoms with Gasteiger partial charge < -0.3 is 10.6 Å². The Morgan fingerprint density at radius 1 is 1.25 bits per heavy atom. The lowest BCUT2D eigenvalue weighted by Gasteiger charge is -2.38. The average molecular weight is 278 g/mol. The molecule has 1 unspecified atom stereocenters. The molecule has 108 valence electrons. The number of anilines is 1. The molecule has 0 radical (unpaired) electrons. The minimum absolute atomic E-state index is 0.0923. The number of nitro groups is 1. The maximum atomic E-state index is 11.2. The number of carbonyl (C=O) groups excluding carboxylic acids is 1. The molecule has 1 fully saturated rings. The van der Waals surface area contributed by atoms with Crippen LogP contribution in [0, 0.1) is 10.1 Å². The van der Waals surface area contributed by atoms with Crippen LogP contribution >= 0.6 is 0 Å². The highest BCUT2D eigenvalue weighted by atomic mass is 16.6. The van der Waals surface area contributed by atoms with E-state index < -0.39 is 4.92 Å². The lowest BCUT2D eigenvalue weighted by molar-refractivity contribution is -0.384. The van der Waals surface area contributed by atoms with Gasteiger partial charge in [-0.05, 0) is 19.1 Å². The molecule has 1 amide bonds. The SMILES string of the molecule is CC(C(N)=O)N1CCN(c2ccc([N+](=O)[O-])cc2)CC1. The molecule has 1 heterocycles. The number of nitro benzene ring substituents is 1. The first-order valence-corrected chi connectivity index (χ1v) is 6.52. The van der Waals surface area contributed by atoms with E-state index in [1.54, 1.807) is 12.1 Å². The van der Waals surface area contributed by atoms with E-state index in [0.717, 1.165) is 31.9 Å². The van der Waals surface area contributed by atoms with Crippen molar-refractivity contribution in [2.45, 2.75) is 13.0 Å². The topological polar surface area (TPSA) is 92.7 Å². The van der Waals surface area contributed by atoms with Crippen molar-refractivity contribution in [3.05, 3.63) is 34.4 Å². The molecule has 1 aliphatic heterocycles. The Labute approximate surface area is 117 Å². The maximum Gasteiger partial charge on any atom is 0.269 e. The normalized spacial score (nSPS) is 17.8. The Hall–Kier alpha value is -2.15. The van der Waals surface area contributed by atoms with Crippen LogP contribution in [0.3, 0.4) is 0 Å². The van der Waals surface area contributed by atoms with Gasteiger partial charge in [-0.3, -0.25) is 19.8 Å². The van der Waals surface area contributed by atoms with Crippen molar-refractivity contribution < 1.29 is 9.72 Å². The molecule has 2 rings (SSSR count). The van der Waals surface area contributed by atoms with Crippen molar-refractivity contribution in [2.75, 3.05) is 31.1 Å². The predicted octanol–water partition coefficient (Wildman–Crippen LogP) is 0.591. The third kappa shape index (κ3) is 3.05. The molecule has 0 saturated carbocycles. The fraction of sp³-hybridized carbons (Fsp3) is 0.462. The second-order valence-corrected chi connectivity index (χ2v) is 4.87. The second kappa shape index (κ2) is 5.87.